The van der Waals surface area contributed by atoms with Crippen LogP contribution in [0.2, 0.25) is 0 Å². The van der Waals surface area contributed by atoms with Gasteiger partial charge in [0.15, 0.2) is 17.6 Å². The molecule has 2 aliphatic rings. The van der Waals surface area contributed by atoms with E-state index in [2.05, 4.69) is 0 Å². The second-order valence-corrected chi connectivity index (χ2v) is 6.02. The summed E-state index contributed by atoms with van der Waals surface area (Å²) in [5.41, 5.74) is -3.68. The van der Waals surface area contributed by atoms with Gasteiger partial charge in [0.1, 0.15) is 0 Å². The number of carbonyl (C=O) groups is 2. The molecule has 0 bridgehead atoms. The molecule has 2 fully saturated rings. The molecule has 0 N–H and O–H groups in total. The van der Waals surface area contributed by atoms with Crippen LogP contribution in [0.1, 0.15) is 43.6 Å². The van der Waals surface area contributed by atoms with E-state index in [0.717, 1.165) is 6.42 Å². The third-order valence-electron chi connectivity index (χ3n) is 4.41. The number of carbonyl (C=O) groups excluding carboxylic acids is 2. The average molecular weight is 377 g/mol. The fourth-order valence-corrected chi connectivity index (χ4v) is 3.18. The highest BCUT2D eigenvalue weighted by Crippen LogP contribution is 2.42. The second-order valence-electron chi connectivity index (χ2n) is 6.02. The summed E-state index contributed by atoms with van der Waals surface area (Å²) >= 11 is 0. The Bertz CT molecular complexity index is 772. The van der Waals surface area contributed by atoms with E-state index in [0.29, 0.717) is 12.8 Å². The number of nitro groups is 1. The fourth-order valence-electron chi connectivity index (χ4n) is 3.18. The van der Waals surface area contributed by atoms with Crippen molar-refractivity contribution in [1.82, 2.24) is 0 Å². The zero-order valence-corrected chi connectivity index (χ0v) is 13.0. The number of rotatable bonds is 2. The predicted molar refractivity (Wildman–Crippen MR) is 73.7 cm³/mol. The maximum absolute atomic E-state index is 14.1. The van der Waals surface area contributed by atoms with Crippen LogP contribution in [0.4, 0.5) is 23.2 Å². The van der Waals surface area contributed by atoms with Crippen molar-refractivity contribution in [1.29, 1.82) is 0 Å². The predicted octanol–water partition coefficient (Wildman–Crippen LogP) is 3.00. The number of benzene rings is 1. The maximum atomic E-state index is 14.1. The summed E-state index contributed by atoms with van der Waals surface area (Å²) in [7, 11) is 0. The van der Waals surface area contributed by atoms with Gasteiger partial charge in [0, 0.05) is 12.8 Å². The minimum atomic E-state index is -2.42. The number of halogens is 4. The summed E-state index contributed by atoms with van der Waals surface area (Å²) in [6.45, 7) is 0. The Morgan fingerprint density at radius 2 is 1.35 bits per heavy atom. The molecule has 0 unspecified atom stereocenters. The summed E-state index contributed by atoms with van der Waals surface area (Å²) in [5, 5.41) is 10.6. The van der Waals surface area contributed by atoms with Crippen molar-refractivity contribution in [2.24, 2.45) is 0 Å². The van der Waals surface area contributed by atoms with Crippen LogP contribution in [0.3, 0.4) is 0 Å². The first-order valence-corrected chi connectivity index (χ1v) is 7.64. The number of hydrogen-bond donors (Lipinski definition) is 0. The highest BCUT2D eigenvalue weighted by atomic mass is 19.2. The molecule has 140 valence electrons. The summed E-state index contributed by atoms with van der Waals surface area (Å²) in [5.74, 6) is -16.0. The SMILES string of the molecule is O=C1OC2(CCCCC2)OC(=O)C1c1c(F)c(F)c([N+](=O)[O-])c(F)c1F. The van der Waals surface area contributed by atoms with E-state index in [1.807, 2.05) is 0 Å². The number of hydrogen-bond acceptors (Lipinski definition) is 6. The van der Waals surface area contributed by atoms with Gasteiger partial charge in [0.05, 0.1) is 10.5 Å². The number of nitro benzene ring substituents is 1. The number of ether oxygens (including phenoxy) is 2. The van der Waals surface area contributed by atoms with E-state index in [-0.39, 0.29) is 12.8 Å². The fraction of sp³-hybridized carbons (Fsp3) is 0.467. The standard InChI is InChI=1S/C15H11F4NO6/c16-8-6(9(17)11(19)12(10(8)18)20(23)24)7-13(21)25-15(26-14(7)22)4-2-1-3-5-15/h7H,1-5H2. The van der Waals surface area contributed by atoms with Crippen molar-refractivity contribution in [2.45, 2.75) is 43.8 Å². The molecule has 1 saturated carbocycles. The molecule has 1 saturated heterocycles. The van der Waals surface area contributed by atoms with Crippen LogP contribution >= 0.6 is 0 Å². The molecule has 1 aliphatic carbocycles. The molecule has 1 heterocycles. The minimum absolute atomic E-state index is 0.186. The minimum Gasteiger partial charge on any atom is -0.422 e. The van der Waals surface area contributed by atoms with Gasteiger partial charge in [-0.05, 0) is 12.8 Å². The molecule has 3 rings (SSSR count). The topological polar surface area (TPSA) is 95.7 Å². The van der Waals surface area contributed by atoms with Crippen LogP contribution in [-0.2, 0) is 19.1 Å². The quantitative estimate of drug-likeness (QED) is 0.196. The lowest BCUT2D eigenvalue weighted by Gasteiger charge is -2.40. The van der Waals surface area contributed by atoms with Gasteiger partial charge < -0.3 is 9.47 Å². The van der Waals surface area contributed by atoms with E-state index in [1.54, 1.807) is 0 Å². The van der Waals surface area contributed by atoms with Gasteiger partial charge in [-0.25, -0.2) is 8.78 Å². The highest BCUT2D eigenvalue weighted by molar-refractivity contribution is 6.02. The van der Waals surface area contributed by atoms with Crippen molar-refractivity contribution in [2.75, 3.05) is 0 Å². The molecule has 1 aromatic carbocycles. The average Bonchev–Trinajstić information content (AvgIpc) is 2.56. The Kier molecular flexibility index (Phi) is 4.32. The summed E-state index contributed by atoms with van der Waals surface area (Å²) in [6, 6.07) is 0. The molecule has 1 aliphatic heterocycles. The molecule has 11 heteroatoms. The molecule has 0 atom stereocenters. The van der Waals surface area contributed by atoms with Gasteiger partial charge >= 0.3 is 17.6 Å². The molecule has 1 spiro atoms. The van der Waals surface area contributed by atoms with Crippen LogP contribution in [-0.4, -0.2) is 22.6 Å². The first-order valence-electron chi connectivity index (χ1n) is 7.64. The summed E-state index contributed by atoms with van der Waals surface area (Å²) in [6.07, 6.45) is 2.34. The zero-order valence-electron chi connectivity index (χ0n) is 13.0. The Morgan fingerprint density at radius 1 is 0.885 bits per heavy atom. The Balaban J connectivity index is 2.06. The van der Waals surface area contributed by atoms with E-state index < -0.39 is 63.1 Å². The maximum Gasteiger partial charge on any atom is 0.346 e. The lowest BCUT2D eigenvalue weighted by Crippen LogP contribution is -2.50. The lowest BCUT2D eigenvalue weighted by molar-refractivity contribution is -0.390. The van der Waals surface area contributed by atoms with E-state index in [4.69, 9.17) is 9.47 Å². The Hall–Kier alpha value is -2.72. The molecule has 1 aromatic rings. The Labute approximate surface area is 143 Å². The van der Waals surface area contributed by atoms with Crippen LogP contribution in [0.25, 0.3) is 0 Å². The normalized spacial score (nSPS) is 20.0. The van der Waals surface area contributed by atoms with Gasteiger partial charge in [0.25, 0.3) is 5.79 Å². The number of esters is 2. The third-order valence-corrected chi connectivity index (χ3v) is 4.41. The van der Waals surface area contributed by atoms with Crippen molar-refractivity contribution in [3.63, 3.8) is 0 Å². The molecule has 0 amide bonds. The van der Waals surface area contributed by atoms with E-state index in [1.165, 1.54) is 0 Å². The number of nitrogens with zero attached hydrogens (tertiary/aromatic N) is 1. The highest BCUT2D eigenvalue weighted by Gasteiger charge is 2.52. The van der Waals surface area contributed by atoms with Crippen molar-refractivity contribution < 1.29 is 41.5 Å². The third kappa shape index (κ3) is 2.67. The van der Waals surface area contributed by atoms with Crippen molar-refractivity contribution >= 4 is 17.6 Å². The van der Waals surface area contributed by atoms with Crippen LogP contribution in [0, 0.1) is 33.4 Å². The van der Waals surface area contributed by atoms with Gasteiger partial charge in [-0.1, -0.05) is 6.42 Å². The first kappa shape index (κ1) is 18.1. The smallest absolute Gasteiger partial charge is 0.346 e. The lowest BCUT2D eigenvalue weighted by atomic mass is 9.90. The summed E-state index contributed by atoms with van der Waals surface area (Å²) < 4.78 is 65.9. The van der Waals surface area contributed by atoms with E-state index in [9.17, 15) is 37.3 Å². The van der Waals surface area contributed by atoms with Crippen LogP contribution in [0.5, 0.6) is 0 Å². The molecular weight excluding hydrogens is 366 g/mol. The molecular formula is C15H11F4NO6. The molecule has 26 heavy (non-hydrogen) atoms. The van der Waals surface area contributed by atoms with Gasteiger partial charge in [-0.3, -0.25) is 19.7 Å². The summed E-state index contributed by atoms with van der Waals surface area (Å²) in [4.78, 5) is 33.3. The monoisotopic (exact) mass is 377 g/mol. The zero-order chi connectivity index (χ0) is 19.2. The second kappa shape index (κ2) is 6.22. The van der Waals surface area contributed by atoms with E-state index >= 15 is 0 Å². The van der Waals surface area contributed by atoms with Crippen molar-refractivity contribution in [3.05, 3.63) is 38.9 Å². The largest absolute Gasteiger partial charge is 0.422 e. The van der Waals surface area contributed by atoms with Gasteiger partial charge in [0.2, 0.25) is 11.6 Å². The Morgan fingerprint density at radius 3 is 1.77 bits per heavy atom. The molecule has 0 aromatic heterocycles. The van der Waals surface area contributed by atoms with Crippen molar-refractivity contribution in [3.8, 4) is 0 Å². The van der Waals surface area contributed by atoms with Gasteiger partial charge in [-0.15, -0.1) is 0 Å². The van der Waals surface area contributed by atoms with Gasteiger partial charge in [-0.2, -0.15) is 8.78 Å². The van der Waals surface area contributed by atoms with Crippen LogP contribution < -0.4 is 0 Å². The molecule has 0 radical (unpaired) electrons. The molecule has 7 nitrogen and oxygen atoms in total. The van der Waals surface area contributed by atoms with Crippen LogP contribution in [0.15, 0.2) is 0 Å². The first-order chi connectivity index (χ1) is 12.2.